The normalized spacial score (nSPS) is 11.6. The maximum atomic E-state index is 12.2. The average Bonchev–Trinajstić information content (AvgIpc) is 2.43. The molecule has 0 radical (unpaired) electrons. The van der Waals surface area contributed by atoms with E-state index in [-0.39, 0.29) is 35.3 Å². The summed E-state index contributed by atoms with van der Waals surface area (Å²) in [5.41, 5.74) is 0.280. The molecular formula is C14H18N2O4S. The number of nitrogens with zero attached hydrogens (tertiary/aromatic N) is 2. The molecule has 0 aliphatic carbocycles. The van der Waals surface area contributed by atoms with E-state index < -0.39 is 15.8 Å². The van der Waals surface area contributed by atoms with Crippen LogP contribution >= 0.6 is 0 Å². The van der Waals surface area contributed by atoms with Gasteiger partial charge in [-0.1, -0.05) is 6.07 Å². The molecule has 1 aromatic rings. The first kappa shape index (κ1) is 17.1. The van der Waals surface area contributed by atoms with Gasteiger partial charge in [0, 0.05) is 12.6 Å². The zero-order chi connectivity index (χ0) is 16.0. The second-order valence-corrected chi connectivity index (χ2v) is 7.03. The second kappa shape index (κ2) is 7.20. The van der Waals surface area contributed by atoms with Crippen LogP contribution in [0.2, 0.25) is 0 Å². The summed E-state index contributed by atoms with van der Waals surface area (Å²) in [7, 11) is -3.54. The fraction of sp³-hybridized carbons (Fsp3) is 0.429. The fourth-order valence-corrected chi connectivity index (χ4v) is 3.11. The molecule has 0 atom stereocenters. The van der Waals surface area contributed by atoms with Gasteiger partial charge in [-0.3, -0.25) is 9.69 Å². The highest BCUT2D eigenvalue weighted by Crippen LogP contribution is 2.13. The number of aliphatic carboxylic acids is 1. The highest BCUT2D eigenvalue weighted by Gasteiger charge is 2.19. The quantitative estimate of drug-likeness (QED) is 0.810. The number of benzene rings is 1. The molecule has 6 nitrogen and oxygen atoms in total. The molecule has 0 bridgehead atoms. The lowest BCUT2D eigenvalue weighted by Gasteiger charge is -2.24. The first-order valence-corrected chi connectivity index (χ1v) is 8.10. The van der Waals surface area contributed by atoms with Crippen molar-refractivity contribution in [3.8, 4) is 6.07 Å². The monoisotopic (exact) mass is 310 g/mol. The summed E-state index contributed by atoms with van der Waals surface area (Å²) in [5.74, 6) is -1.18. The summed E-state index contributed by atoms with van der Waals surface area (Å²) in [6.45, 7) is 3.55. The third-order valence-corrected chi connectivity index (χ3v) is 4.73. The van der Waals surface area contributed by atoms with Gasteiger partial charge < -0.3 is 5.11 Å². The zero-order valence-corrected chi connectivity index (χ0v) is 12.8. The van der Waals surface area contributed by atoms with E-state index in [1.807, 2.05) is 19.9 Å². The van der Waals surface area contributed by atoms with Crippen LogP contribution in [0, 0.1) is 11.3 Å². The van der Waals surface area contributed by atoms with Crippen molar-refractivity contribution in [2.45, 2.75) is 24.8 Å². The molecule has 1 rings (SSSR count). The number of carbonyl (C=O) groups is 1. The Kier molecular flexibility index (Phi) is 5.88. The minimum Gasteiger partial charge on any atom is -0.480 e. The number of rotatable bonds is 7. The van der Waals surface area contributed by atoms with Crippen molar-refractivity contribution >= 4 is 15.8 Å². The van der Waals surface area contributed by atoms with E-state index in [1.54, 1.807) is 4.90 Å². The third kappa shape index (κ3) is 5.17. The van der Waals surface area contributed by atoms with Gasteiger partial charge >= 0.3 is 5.97 Å². The molecule has 0 saturated heterocycles. The molecule has 0 amide bonds. The van der Waals surface area contributed by atoms with Gasteiger partial charge in [0.2, 0.25) is 0 Å². The van der Waals surface area contributed by atoms with E-state index in [4.69, 9.17) is 10.4 Å². The van der Waals surface area contributed by atoms with Crippen LogP contribution in [-0.2, 0) is 14.6 Å². The Hall–Kier alpha value is -1.91. The van der Waals surface area contributed by atoms with E-state index in [9.17, 15) is 13.2 Å². The van der Waals surface area contributed by atoms with Gasteiger partial charge in [-0.25, -0.2) is 8.42 Å². The Morgan fingerprint density at radius 2 is 2.10 bits per heavy atom. The molecule has 0 saturated carbocycles. The van der Waals surface area contributed by atoms with Gasteiger partial charge in [-0.15, -0.1) is 0 Å². The Morgan fingerprint density at radius 1 is 1.43 bits per heavy atom. The predicted molar refractivity (Wildman–Crippen MR) is 77.6 cm³/mol. The first-order valence-electron chi connectivity index (χ1n) is 6.45. The molecule has 0 aliphatic rings. The minimum absolute atomic E-state index is 0.0678. The van der Waals surface area contributed by atoms with Crippen LogP contribution in [-0.4, -0.2) is 49.3 Å². The number of hydrogen-bond acceptors (Lipinski definition) is 5. The largest absolute Gasteiger partial charge is 0.480 e. The number of carboxylic acids is 1. The van der Waals surface area contributed by atoms with Crippen molar-refractivity contribution in [2.24, 2.45) is 0 Å². The molecule has 1 aromatic carbocycles. The van der Waals surface area contributed by atoms with Crippen LogP contribution in [0.15, 0.2) is 29.2 Å². The van der Waals surface area contributed by atoms with Crippen molar-refractivity contribution in [2.75, 3.05) is 18.8 Å². The SMILES string of the molecule is CC(C)N(CCS(=O)(=O)c1cccc(C#N)c1)CC(=O)O. The van der Waals surface area contributed by atoms with E-state index in [0.717, 1.165) is 0 Å². The Balaban J connectivity index is 2.84. The number of carboxylic acid groups (broad SMARTS) is 1. The highest BCUT2D eigenvalue weighted by atomic mass is 32.2. The molecule has 0 fully saturated rings. The van der Waals surface area contributed by atoms with Crippen LogP contribution in [0.5, 0.6) is 0 Å². The lowest BCUT2D eigenvalue weighted by Crippen LogP contribution is -2.38. The predicted octanol–water partition coefficient (Wildman–Crippen LogP) is 1.13. The van der Waals surface area contributed by atoms with E-state index in [2.05, 4.69) is 0 Å². The average molecular weight is 310 g/mol. The van der Waals surface area contributed by atoms with Crippen molar-refractivity contribution in [1.29, 1.82) is 5.26 Å². The van der Waals surface area contributed by atoms with Gasteiger partial charge in [-0.2, -0.15) is 5.26 Å². The van der Waals surface area contributed by atoms with Gasteiger partial charge in [-0.05, 0) is 32.0 Å². The lowest BCUT2D eigenvalue weighted by atomic mass is 10.2. The molecule has 114 valence electrons. The molecule has 0 unspecified atom stereocenters. The first-order chi connectivity index (χ1) is 9.76. The summed E-state index contributed by atoms with van der Waals surface area (Å²) < 4.78 is 24.5. The summed E-state index contributed by atoms with van der Waals surface area (Å²) in [5, 5.41) is 17.6. The summed E-state index contributed by atoms with van der Waals surface area (Å²) in [4.78, 5) is 12.4. The van der Waals surface area contributed by atoms with Crippen LogP contribution in [0.3, 0.4) is 0 Å². The molecule has 1 N–H and O–H groups in total. The van der Waals surface area contributed by atoms with Crippen molar-refractivity contribution < 1.29 is 18.3 Å². The number of nitriles is 1. The molecule has 7 heteroatoms. The number of hydrogen-bond donors (Lipinski definition) is 1. The van der Waals surface area contributed by atoms with E-state index in [1.165, 1.54) is 24.3 Å². The second-order valence-electron chi connectivity index (χ2n) is 4.92. The maximum Gasteiger partial charge on any atom is 0.317 e. The third-order valence-electron chi connectivity index (χ3n) is 3.04. The van der Waals surface area contributed by atoms with E-state index >= 15 is 0 Å². The van der Waals surface area contributed by atoms with Crippen molar-refractivity contribution in [3.05, 3.63) is 29.8 Å². The Bertz CT molecular complexity index is 647. The molecule has 21 heavy (non-hydrogen) atoms. The number of sulfone groups is 1. The molecule has 0 aromatic heterocycles. The molecular weight excluding hydrogens is 292 g/mol. The van der Waals surface area contributed by atoms with Gasteiger partial charge in [0.05, 0.1) is 28.8 Å². The smallest absolute Gasteiger partial charge is 0.317 e. The summed E-state index contributed by atoms with van der Waals surface area (Å²) in [6.07, 6.45) is 0. The van der Waals surface area contributed by atoms with Crippen LogP contribution in [0.25, 0.3) is 0 Å². The zero-order valence-electron chi connectivity index (χ0n) is 12.0. The fourth-order valence-electron chi connectivity index (χ4n) is 1.81. The topological polar surface area (TPSA) is 98.5 Å². The highest BCUT2D eigenvalue weighted by molar-refractivity contribution is 7.91. The van der Waals surface area contributed by atoms with Crippen LogP contribution in [0.1, 0.15) is 19.4 Å². The van der Waals surface area contributed by atoms with Gasteiger partial charge in [0.15, 0.2) is 9.84 Å². The van der Waals surface area contributed by atoms with Crippen molar-refractivity contribution in [1.82, 2.24) is 4.90 Å². The minimum atomic E-state index is -3.54. The summed E-state index contributed by atoms with van der Waals surface area (Å²) >= 11 is 0. The molecule has 0 heterocycles. The summed E-state index contributed by atoms with van der Waals surface area (Å²) in [6, 6.07) is 7.64. The standard InChI is InChI=1S/C14H18N2O4S/c1-11(2)16(10-14(17)18)6-7-21(19,20)13-5-3-4-12(8-13)9-15/h3-5,8,11H,6-7,10H2,1-2H3,(H,17,18). The molecule has 0 aliphatic heterocycles. The van der Waals surface area contributed by atoms with Gasteiger partial charge in [0.1, 0.15) is 0 Å². The Morgan fingerprint density at radius 3 is 2.62 bits per heavy atom. The lowest BCUT2D eigenvalue weighted by molar-refractivity contribution is -0.138. The Labute approximate surface area is 124 Å². The molecule has 0 spiro atoms. The van der Waals surface area contributed by atoms with E-state index in [0.29, 0.717) is 0 Å². The van der Waals surface area contributed by atoms with Gasteiger partial charge in [0.25, 0.3) is 0 Å². The van der Waals surface area contributed by atoms with Crippen LogP contribution in [0.4, 0.5) is 0 Å². The van der Waals surface area contributed by atoms with Crippen molar-refractivity contribution in [3.63, 3.8) is 0 Å². The maximum absolute atomic E-state index is 12.2. The van der Waals surface area contributed by atoms with Crippen LogP contribution < -0.4 is 0 Å².